The van der Waals surface area contributed by atoms with E-state index >= 15 is 0 Å². The van der Waals surface area contributed by atoms with Crippen LogP contribution in [0.4, 0.5) is 5.95 Å². The van der Waals surface area contributed by atoms with Gasteiger partial charge < -0.3 is 30.4 Å². The first-order valence-corrected chi connectivity index (χ1v) is 9.71. The van der Waals surface area contributed by atoms with Crippen LogP contribution >= 0.6 is 0 Å². The summed E-state index contributed by atoms with van der Waals surface area (Å²) in [4.78, 5) is 17.0. The Morgan fingerprint density at radius 3 is 2.25 bits per heavy atom. The average Bonchev–Trinajstić information content (AvgIpc) is 3.20. The van der Waals surface area contributed by atoms with E-state index in [0.29, 0.717) is 51.4 Å². The smallest absolute Gasteiger partial charge is 0.248 e. The number of amides is 1. The van der Waals surface area contributed by atoms with Crippen LogP contribution in [0.2, 0.25) is 0 Å². The molecule has 0 bridgehead atoms. The zero-order chi connectivity index (χ0) is 23.0. The molecule has 3 aromatic rings. The van der Waals surface area contributed by atoms with Gasteiger partial charge in [-0.05, 0) is 48.9 Å². The van der Waals surface area contributed by atoms with Gasteiger partial charge in [-0.15, -0.1) is 5.10 Å². The van der Waals surface area contributed by atoms with Crippen LogP contribution in [0.1, 0.15) is 18.5 Å². The third-order valence-corrected chi connectivity index (χ3v) is 5.25. The second-order valence-electron chi connectivity index (χ2n) is 7.14. The Hall–Kier alpha value is -4.21. The third kappa shape index (κ3) is 3.45. The maximum atomic E-state index is 12.5. The summed E-state index contributed by atoms with van der Waals surface area (Å²) in [5, 5.41) is 17.3. The largest absolute Gasteiger partial charge is 0.508 e. The Morgan fingerprint density at radius 2 is 1.72 bits per heavy atom. The molecule has 166 valence electrons. The van der Waals surface area contributed by atoms with E-state index in [2.05, 4.69) is 15.4 Å². The summed E-state index contributed by atoms with van der Waals surface area (Å²) in [6.45, 7) is 1.75. The van der Waals surface area contributed by atoms with Crippen molar-refractivity contribution in [2.45, 2.75) is 13.0 Å². The predicted molar refractivity (Wildman–Crippen MR) is 117 cm³/mol. The summed E-state index contributed by atoms with van der Waals surface area (Å²) < 4.78 is 18.0. The number of methoxy groups -OCH3 is 3. The SMILES string of the molecule is COc1cc(C2C(C(N)=O)=C(C)Nc3nc(-c4ccc(O)cc4)nn32)cc(OC)c1OC. The van der Waals surface area contributed by atoms with Crippen LogP contribution in [-0.4, -0.2) is 47.1 Å². The van der Waals surface area contributed by atoms with Gasteiger partial charge in [0.1, 0.15) is 11.8 Å². The molecule has 0 aliphatic carbocycles. The highest BCUT2D eigenvalue weighted by molar-refractivity contribution is 5.95. The summed E-state index contributed by atoms with van der Waals surface area (Å²) >= 11 is 0. The van der Waals surface area contributed by atoms with Gasteiger partial charge in [0.05, 0.1) is 26.9 Å². The Morgan fingerprint density at radius 1 is 1.09 bits per heavy atom. The number of phenolic OH excluding ortho intramolecular Hbond substituents is 1. The molecule has 0 saturated carbocycles. The summed E-state index contributed by atoms with van der Waals surface area (Å²) in [5.41, 5.74) is 8.00. The topological polar surface area (TPSA) is 134 Å². The Balaban J connectivity index is 1.92. The second-order valence-corrected chi connectivity index (χ2v) is 7.14. The first-order chi connectivity index (χ1) is 15.4. The number of hydrogen-bond donors (Lipinski definition) is 3. The molecule has 0 radical (unpaired) electrons. The molecule has 0 spiro atoms. The predicted octanol–water partition coefficient (Wildman–Crippen LogP) is 2.45. The molecule has 1 aromatic heterocycles. The monoisotopic (exact) mass is 437 g/mol. The number of nitrogens with two attached hydrogens (primary N) is 1. The molecule has 1 unspecified atom stereocenters. The number of ether oxygens (including phenoxy) is 3. The lowest BCUT2D eigenvalue weighted by atomic mass is 9.94. The fourth-order valence-electron chi connectivity index (χ4n) is 3.77. The van der Waals surface area contributed by atoms with Crippen molar-refractivity contribution in [2.75, 3.05) is 26.6 Å². The van der Waals surface area contributed by atoms with E-state index < -0.39 is 11.9 Å². The Labute approximate surface area is 184 Å². The molecular formula is C22H23N5O5. The molecule has 10 heteroatoms. The number of anilines is 1. The Bertz CT molecular complexity index is 1190. The lowest BCUT2D eigenvalue weighted by molar-refractivity contribution is -0.115. The van der Waals surface area contributed by atoms with E-state index in [1.165, 1.54) is 21.3 Å². The van der Waals surface area contributed by atoms with Crippen molar-refractivity contribution < 1.29 is 24.1 Å². The number of aromatic nitrogens is 3. The zero-order valence-electron chi connectivity index (χ0n) is 18.0. The van der Waals surface area contributed by atoms with Gasteiger partial charge in [-0.1, -0.05) is 0 Å². The maximum absolute atomic E-state index is 12.5. The van der Waals surface area contributed by atoms with E-state index in [4.69, 9.17) is 19.9 Å². The number of hydrogen-bond acceptors (Lipinski definition) is 8. The summed E-state index contributed by atoms with van der Waals surface area (Å²) in [6.07, 6.45) is 0. The molecule has 0 fully saturated rings. The van der Waals surface area contributed by atoms with Crippen molar-refractivity contribution in [1.82, 2.24) is 14.8 Å². The van der Waals surface area contributed by atoms with Gasteiger partial charge in [0.25, 0.3) is 0 Å². The number of primary amides is 1. The highest BCUT2D eigenvalue weighted by atomic mass is 16.5. The fraction of sp³-hybridized carbons (Fsp3) is 0.227. The first-order valence-electron chi connectivity index (χ1n) is 9.71. The molecule has 2 heterocycles. The number of rotatable bonds is 6. The highest BCUT2D eigenvalue weighted by Crippen LogP contribution is 2.44. The van der Waals surface area contributed by atoms with Crippen LogP contribution in [0.25, 0.3) is 11.4 Å². The quantitative estimate of drug-likeness (QED) is 0.535. The molecule has 4 rings (SSSR count). The van der Waals surface area contributed by atoms with Crippen molar-refractivity contribution in [1.29, 1.82) is 0 Å². The van der Waals surface area contributed by atoms with Crippen LogP contribution in [0.5, 0.6) is 23.0 Å². The minimum atomic E-state index is -0.684. The van der Waals surface area contributed by atoms with Crippen LogP contribution < -0.4 is 25.3 Å². The molecule has 0 saturated heterocycles. The number of aromatic hydroxyl groups is 1. The molecular weight excluding hydrogens is 414 g/mol. The van der Waals surface area contributed by atoms with Gasteiger partial charge >= 0.3 is 0 Å². The number of phenols is 1. The van der Waals surface area contributed by atoms with Crippen LogP contribution in [0.3, 0.4) is 0 Å². The van der Waals surface area contributed by atoms with E-state index in [1.54, 1.807) is 48.0 Å². The molecule has 32 heavy (non-hydrogen) atoms. The van der Waals surface area contributed by atoms with Crippen molar-refractivity contribution >= 4 is 11.9 Å². The maximum Gasteiger partial charge on any atom is 0.248 e. The van der Waals surface area contributed by atoms with E-state index in [9.17, 15) is 9.90 Å². The van der Waals surface area contributed by atoms with Gasteiger partial charge in [-0.3, -0.25) is 4.79 Å². The van der Waals surface area contributed by atoms with E-state index in [-0.39, 0.29) is 5.75 Å². The van der Waals surface area contributed by atoms with E-state index in [1.807, 2.05) is 0 Å². The lowest BCUT2D eigenvalue weighted by Gasteiger charge is -2.28. The average molecular weight is 437 g/mol. The number of allylic oxidation sites excluding steroid dienone is 1. The summed E-state index contributed by atoms with van der Waals surface area (Å²) in [6, 6.07) is 9.34. The summed E-state index contributed by atoms with van der Waals surface area (Å²) in [7, 11) is 4.55. The van der Waals surface area contributed by atoms with Gasteiger partial charge in [-0.25, -0.2) is 4.68 Å². The normalized spacial score (nSPS) is 15.1. The van der Waals surface area contributed by atoms with Gasteiger partial charge in [0, 0.05) is 11.3 Å². The highest BCUT2D eigenvalue weighted by Gasteiger charge is 2.34. The number of carbonyl (C=O) groups excluding carboxylic acids is 1. The standard InChI is InChI=1S/C22H23N5O5/c1-11-17(20(23)29)18(13-9-15(30-2)19(32-4)16(10-13)31-3)27-22(24-11)25-21(26-27)12-5-7-14(28)8-6-12/h5-10,18,28H,1-4H3,(H2,23,29)(H,24,25,26). The minimum absolute atomic E-state index is 0.139. The molecule has 10 nitrogen and oxygen atoms in total. The molecule has 1 aliphatic heterocycles. The van der Waals surface area contributed by atoms with Crippen LogP contribution in [0, 0.1) is 0 Å². The van der Waals surface area contributed by atoms with Crippen LogP contribution in [0.15, 0.2) is 47.7 Å². The van der Waals surface area contributed by atoms with Crippen molar-refractivity contribution in [2.24, 2.45) is 5.73 Å². The fourth-order valence-corrected chi connectivity index (χ4v) is 3.77. The van der Waals surface area contributed by atoms with Crippen molar-refractivity contribution in [3.63, 3.8) is 0 Å². The van der Waals surface area contributed by atoms with Crippen LogP contribution in [-0.2, 0) is 4.79 Å². The van der Waals surface area contributed by atoms with Gasteiger partial charge in [0.2, 0.25) is 17.6 Å². The number of nitrogens with zero attached hydrogens (tertiary/aromatic N) is 3. The minimum Gasteiger partial charge on any atom is -0.508 e. The molecule has 1 amide bonds. The third-order valence-electron chi connectivity index (χ3n) is 5.25. The van der Waals surface area contributed by atoms with E-state index in [0.717, 1.165) is 0 Å². The number of benzene rings is 2. The molecule has 4 N–H and O–H groups in total. The zero-order valence-corrected chi connectivity index (χ0v) is 18.0. The molecule has 2 aromatic carbocycles. The number of carbonyl (C=O) groups is 1. The number of nitrogens with one attached hydrogen (secondary N) is 1. The van der Waals surface area contributed by atoms with Crippen molar-refractivity contribution in [3.8, 4) is 34.4 Å². The molecule has 1 aliphatic rings. The first kappa shape index (κ1) is 21.0. The summed E-state index contributed by atoms with van der Waals surface area (Å²) in [5.74, 6) is 1.70. The Kier molecular flexibility index (Phi) is 5.35. The second kappa shape index (κ2) is 8.14. The van der Waals surface area contributed by atoms with Crippen molar-refractivity contribution in [3.05, 3.63) is 53.2 Å². The lowest BCUT2D eigenvalue weighted by Crippen LogP contribution is -2.31. The van der Waals surface area contributed by atoms with Gasteiger partial charge in [0.15, 0.2) is 17.3 Å². The number of fused-ring (bicyclic) bond motifs is 1. The molecule has 1 atom stereocenters. The van der Waals surface area contributed by atoms with Gasteiger partial charge in [-0.2, -0.15) is 4.98 Å².